The van der Waals surface area contributed by atoms with Gasteiger partial charge >= 0.3 is 0 Å². The summed E-state index contributed by atoms with van der Waals surface area (Å²) in [6.07, 6.45) is 0.892. The van der Waals surface area contributed by atoms with Crippen LogP contribution < -0.4 is 5.32 Å². The zero-order valence-electron chi connectivity index (χ0n) is 14.0. The standard InChI is InChI=1S/C20H24FNO/c1-15(14-20(2,3)17-10-5-4-6-11-17)22-19(23)13-16-9-7-8-12-18(16)21/h4-12,15H,13-14H2,1-3H3,(H,22,23). The van der Waals surface area contributed by atoms with Gasteiger partial charge in [0.2, 0.25) is 5.91 Å². The predicted molar refractivity (Wildman–Crippen MR) is 91.8 cm³/mol. The molecule has 0 aromatic heterocycles. The van der Waals surface area contributed by atoms with Crippen LogP contribution in [0, 0.1) is 5.82 Å². The Kier molecular flexibility index (Phi) is 5.54. The summed E-state index contributed by atoms with van der Waals surface area (Å²) in [6, 6.07) is 16.7. The van der Waals surface area contributed by atoms with Gasteiger partial charge in [0.25, 0.3) is 0 Å². The van der Waals surface area contributed by atoms with Gasteiger partial charge in [0, 0.05) is 6.04 Å². The van der Waals surface area contributed by atoms with Gasteiger partial charge in [-0.2, -0.15) is 0 Å². The largest absolute Gasteiger partial charge is 0.353 e. The van der Waals surface area contributed by atoms with E-state index in [1.807, 2.05) is 25.1 Å². The van der Waals surface area contributed by atoms with Crippen LogP contribution in [0.25, 0.3) is 0 Å². The molecule has 2 rings (SSSR count). The van der Waals surface area contributed by atoms with Crippen molar-refractivity contribution in [1.29, 1.82) is 0 Å². The molecule has 1 amide bonds. The number of amides is 1. The van der Waals surface area contributed by atoms with Gasteiger partial charge < -0.3 is 5.32 Å². The smallest absolute Gasteiger partial charge is 0.224 e. The van der Waals surface area contributed by atoms with Crippen molar-refractivity contribution >= 4 is 5.91 Å². The van der Waals surface area contributed by atoms with Crippen LogP contribution >= 0.6 is 0 Å². The van der Waals surface area contributed by atoms with Crippen molar-refractivity contribution in [1.82, 2.24) is 5.32 Å². The number of hydrogen-bond acceptors (Lipinski definition) is 1. The van der Waals surface area contributed by atoms with E-state index in [9.17, 15) is 9.18 Å². The highest BCUT2D eigenvalue weighted by atomic mass is 19.1. The molecular weight excluding hydrogens is 289 g/mol. The molecule has 0 aliphatic heterocycles. The average molecular weight is 313 g/mol. The van der Waals surface area contributed by atoms with Gasteiger partial charge in [-0.15, -0.1) is 0 Å². The van der Waals surface area contributed by atoms with Crippen molar-refractivity contribution in [2.75, 3.05) is 0 Å². The first-order valence-corrected chi connectivity index (χ1v) is 7.97. The highest BCUT2D eigenvalue weighted by Crippen LogP contribution is 2.28. The number of carbonyl (C=O) groups excluding carboxylic acids is 1. The van der Waals surface area contributed by atoms with E-state index >= 15 is 0 Å². The van der Waals surface area contributed by atoms with Crippen molar-refractivity contribution in [3.05, 3.63) is 71.5 Å². The zero-order chi connectivity index (χ0) is 16.9. The molecule has 2 aromatic rings. The van der Waals surface area contributed by atoms with E-state index in [0.29, 0.717) is 5.56 Å². The van der Waals surface area contributed by atoms with Crippen LogP contribution in [0.4, 0.5) is 4.39 Å². The molecule has 1 atom stereocenters. The summed E-state index contributed by atoms with van der Waals surface area (Å²) in [6.45, 7) is 6.33. The highest BCUT2D eigenvalue weighted by Gasteiger charge is 2.24. The van der Waals surface area contributed by atoms with Gasteiger partial charge in [-0.25, -0.2) is 4.39 Å². The third kappa shape index (κ3) is 4.92. The normalized spacial score (nSPS) is 12.7. The lowest BCUT2D eigenvalue weighted by Gasteiger charge is -2.29. The fourth-order valence-electron chi connectivity index (χ4n) is 2.96. The molecule has 0 heterocycles. The predicted octanol–water partition coefficient (Wildman–Crippen LogP) is 4.24. The fourth-order valence-corrected chi connectivity index (χ4v) is 2.96. The van der Waals surface area contributed by atoms with Crippen LogP contribution in [0.15, 0.2) is 54.6 Å². The molecule has 1 unspecified atom stereocenters. The first kappa shape index (κ1) is 17.2. The van der Waals surface area contributed by atoms with Crippen LogP contribution in [0.3, 0.4) is 0 Å². The van der Waals surface area contributed by atoms with E-state index in [0.717, 1.165) is 6.42 Å². The molecule has 0 aliphatic carbocycles. The Bertz CT molecular complexity index is 652. The average Bonchev–Trinajstić information content (AvgIpc) is 2.50. The first-order valence-electron chi connectivity index (χ1n) is 7.97. The summed E-state index contributed by atoms with van der Waals surface area (Å²) < 4.78 is 13.6. The summed E-state index contributed by atoms with van der Waals surface area (Å²) >= 11 is 0. The van der Waals surface area contributed by atoms with Crippen molar-refractivity contribution in [2.24, 2.45) is 0 Å². The summed E-state index contributed by atoms with van der Waals surface area (Å²) in [5, 5.41) is 2.98. The van der Waals surface area contributed by atoms with Crippen LogP contribution in [-0.2, 0) is 16.6 Å². The molecule has 23 heavy (non-hydrogen) atoms. The second-order valence-electron chi connectivity index (χ2n) is 6.69. The van der Waals surface area contributed by atoms with Gasteiger partial charge in [-0.05, 0) is 36.0 Å². The second-order valence-corrected chi connectivity index (χ2v) is 6.69. The van der Waals surface area contributed by atoms with E-state index in [4.69, 9.17) is 0 Å². The molecule has 1 N–H and O–H groups in total. The maximum atomic E-state index is 13.6. The van der Waals surface area contributed by atoms with Gasteiger partial charge in [0.15, 0.2) is 0 Å². The first-order chi connectivity index (χ1) is 10.9. The van der Waals surface area contributed by atoms with Gasteiger partial charge in [0.1, 0.15) is 5.82 Å². The molecule has 0 radical (unpaired) electrons. The molecule has 0 bridgehead atoms. The highest BCUT2D eigenvalue weighted by molar-refractivity contribution is 5.78. The topological polar surface area (TPSA) is 29.1 Å². The van der Waals surface area contributed by atoms with Crippen molar-refractivity contribution in [2.45, 2.75) is 45.1 Å². The molecule has 0 aliphatic rings. The minimum atomic E-state index is -0.333. The zero-order valence-corrected chi connectivity index (χ0v) is 14.0. The van der Waals surface area contributed by atoms with E-state index in [-0.39, 0.29) is 29.6 Å². The fraction of sp³-hybridized carbons (Fsp3) is 0.350. The van der Waals surface area contributed by atoms with Crippen LogP contribution in [0.5, 0.6) is 0 Å². The molecule has 0 spiro atoms. The van der Waals surface area contributed by atoms with Gasteiger partial charge in [-0.1, -0.05) is 62.4 Å². The monoisotopic (exact) mass is 313 g/mol. The van der Waals surface area contributed by atoms with Crippen LogP contribution in [0.2, 0.25) is 0 Å². The Hall–Kier alpha value is -2.16. The molecule has 0 fully saturated rings. The lowest BCUT2D eigenvalue weighted by Crippen LogP contribution is -2.38. The Morgan fingerprint density at radius 2 is 1.70 bits per heavy atom. The Morgan fingerprint density at radius 1 is 1.09 bits per heavy atom. The summed E-state index contributed by atoms with van der Waals surface area (Å²) in [7, 11) is 0. The second kappa shape index (κ2) is 7.40. The molecular formula is C20H24FNO. The summed E-state index contributed by atoms with van der Waals surface area (Å²) in [5.74, 6) is -0.480. The third-order valence-electron chi connectivity index (χ3n) is 4.09. The van der Waals surface area contributed by atoms with Crippen LogP contribution in [0.1, 0.15) is 38.3 Å². The number of benzene rings is 2. The van der Waals surface area contributed by atoms with Gasteiger partial charge in [0.05, 0.1) is 6.42 Å². The molecule has 2 nitrogen and oxygen atoms in total. The SMILES string of the molecule is CC(CC(C)(C)c1ccccc1)NC(=O)Cc1ccccc1F. The number of carbonyl (C=O) groups is 1. The maximum Gasteiger partial charge on any atom is 0.224 e. The minimum absolute atomic E-state index is 0.0180. The van der Waals surface area contributed by atoms with E-state index in [1.54, 1.807) is 18.2 Å². The Morgan fingerprint density at radius 3 is 2.35 bits per heavy atom. The maximum absolute atomic E-state index is 13.6. The molecule has 0 saturated carbocycles. The van der Waals surface area contributed by atoms with E-state index in [1.165, 1.54) is 11.6 Å². The molecule has 3 heteroatoms. The number of nitrogens with one attached hydrogen (secondary N) is 1. The van der Waals surface area contributed by atoms with Crippen molar-refractivity contribution < 1.29 is 9.18 Å². The van der Waals surface area contributed by atoms with Crippen LogP contribution in [-0.4, -0.2) is 11.9 Å². The quantitative estimate of drug-likeness (QED) is 0.849. The number of hydrogen-bond donors (Lipinski definition) is 1. The molecule has 2 aromatic carbocycles. The third-order valence-corrected chi connectivity index (χ3v) is 4.09. The Labute approximate surface area is 137 Å². The number of halogens is 1. The summed E-state index contributed by atoms with van der Waals surface area (Å²) in [5.41, 5.74) is 1.64. The van der Waals surface area contributed by atoms with E-state index < -0.39 is 0 Å². The molecule has 122 valence electrons. The summed E-state index contributed by atoms with van der Waals surface area (Å²) in [4.78, 5) is 12.1. The lowest BCUT2D eigenvalue weighted by atomic mass is 9.79. The lowest BCUT2D eigenvalue weighted by molar-refractivity contribution is -0.121. The minimum Gasteiger partial charge on any atom is -0.353 e. The van der Waals surface area contributed by atoms with Crippen molar-refractivity contribution in [3.8, 4) is 0 Å². The Balaban J connectivity index is 1.93. The number of rotatable bonds is 6. The molecule has 0 saturated heterocycles. The van der Waals surface area contributed by atoms with Crippen molar-refractivity contribution in [3.63, 3.8) is 0 Å². The van der Waals surface area contributed by atoms with E-state index in [2.05, 4.69) is 31.3 Å². The van der Waals surface area contributed by atoms with Gasteiger partial charge in [-0.3, -0.25) is 4.79 Å².